The Morgan fingerprint density at radius 2 is 1.97 bits per heavy atom. The van der Waals surface area contributed by atoms with Gasteiger partial charge in [-0.3, -0.25) is 0 Å². The fourth-order valence-electron chi connectivity index (χ4n) is 4.00. The minimum Gasteiger partial charge on any atom is -0.487 e. The van der Waals surface area contributed by atoms with Gasteiger partial charge in [0.2, 0.25) is 0 Å². The smallest absolute Gasteiger partial charge is 0.141 e. The normalized spacial score (nSPS) is 11.3. The van der Waals surface area contributed by atoms with E-state index in [4.69, 9.17) is 20.8 Å². The third-order valence-electron chi connectivity index (χ3n) is 5.95. The highest BCUT2D eigenvalue weighted by atomic mass is 35.5. The SMILES string of the molecule is CSCCN(S)Cc1ccc(-c2ccc3ncnc(Nc4ccc(OCc5cccc(F)c5)c(Cl)c4)c3c2)o1. The maximum absolute atomic E-state index is 13.4. The lowest BCUT2D eigenvalue weighted by atomic mass is 10.1. The van der Waals surface area contributed by atoms with Crippen LogP contribution in [0.1, 0.15) is 11.3 Å². The first-order chi connectivity index (χ1) is 19.0. The van der Waals surface area contributed by atoms with Gasteiger partial charge in [0.25, 0.3) is 0 Å². The Bertz CT molecular complexity index is 1580. The van der Waals surface area contributed by atoms with Gasteiger partial charge in [0.05, 0.1) is 17.1 Å². The Morgan fingerprint density at radius 1 is 1.08 bits per heavy atom. The molecule has 0 aliphatic carbocycles. The molecule has 3 aromatic carbocycles. The fraction of sp³-hybridized carbons (Fsp3) is 0.172. The highest BCUT2D eigenvalue weighted by molar-refractivity contribution is 7.98. The molecule has 0 saturated carbocycles. The van der Waals surface area contributed by atoms with Crippen LogP contribution in [-0.2, 0) is 13.2 Å². The second-order valence-electron chi connectivity index (χ2n) is 8.79. The maximum Gasteiger partial charge on any atom is 0.141 e. The molecule has 0 fully saturated rings. The van der Waals surface area contributed by atoms with Gasteiger partial charge in [0.15, 0.2) is 0 Å². The van der Waals surface area contributed by atoms with Gasteiger partial charge in [0, 0.05) is 28.9 Å². The largest absolute Gasteiger partial charge is 0.487 e. The standard InChI is InChI=1S/C29H26ClFN4O2S2/c1-39-12-11-35(38)16-23-7-10-27(37-23)20-5-8-26-24(14-20)29(33-18-32-26)34-22-6-9-28(25(30)15-22)36-17-19-3-2-4-21(31)13-19/h2-10,13-15,18,38H,11-12,16-17H2,1H3,(H,32,33,34). The van der Waals surface area contributed by atoms with E-state index in [2.05, 4.69) is 34.4 Å². The van der Waals surface area contributed by atoms with E-state index < -0.39 is 0 Å². The van der Waals surface area contributed by atoms with Gasteiger partial charge in [-0.05, 0) is 72.5 Å². The van der Waals surface area contributed by atoms with Crippen molar-refractivity contribution >= 4 is 58.6 Å². The monoisotopic (exact) mass is 580 g/mol. The number of rotatable bonds is 11. The van der Waals surface area contributed by atoms with Crippen molar-refractivity contribution in [3.8, 4) is 17.1 Å². The van der Waals surface area contributed by atoms with E-state index in [1.807, 2.05) is 40.7 Å². The summed E-state index contributed by atoms with van der Waals surface area (Å²) in [6.07, 6.45) is 3.60. The Balaban J connectivity index is 1.32. The molecule has 5 aromatic rings. The van der Waals surface area contributed by atoms with Crippen molar-refractivity contribution in [2.45, 2.75) is 13.2 Å². The van der Waals surface area contributed by atoms with Crippen LogP contribution in [0, 0.1) is 5.82 Å². The summed E-state index contributed by atoms with van der Waals surface area (Å²) in [7, 11) is 0. The molecular formula is C29H26ClFN4O2S2. The predicted molar refractivity (Wildman–Crippen MR) is 160 cm³/mol. The first-order valence-corrected chi connectivity index (χ1v) is 14.4. The van der Waals surface area contributed by atoms with Crippen molar-refractivity contribution in [2.75, 3.05) is 23.9 Å². The van der Waals surface area contributed by atoms with Gasteiger partial charge in [0.1, 0.15) is 41.8 Å². The van der Waals surface area contributed by atoms with Crippen LogP contribution in [0.25, 0.3) is 22.2 Å². The van der Waals surface area contributed by atoms with Gasteiger partial charge < -0.3 is 14.5 Å². The molecule has 0 radical (unpaired) electrons. The van der Waals surface area contributed by atoms with E-state index in [1.165, 1.54) is 18.5 Å². The summed E-state index contributed by atoms with van der Waals surface area (Å²) in [6, 6.07) is 21.5. The number of fused-ring (bicyclic) bond motifs is 1. The number of aromatic nitrogens is 2. The van der Waals surface area contributed by atoms with E-state index in [0.29, 0.717) is 23.1 Å². The van der Waals surface area contributed by atoms with Crippen LogP contribution in [-0.4, -0.2) is 32.8 Å². The minimum absolute atomic E-state index is 0.210. The Hall–Kier alpha value is -3.24. The van der Waals surface area contributed by atoms with Crippen LogP contribution in [0.5, 0.6) is 5.75 Å². The number of benzene rings is 3. The van der Waals surface area contributed by atoms with Crippen LogP contribution in [0.3, 0.4) is 0 Å². The molecular weight excluding hydrogens is 555 g/mol. The number of thioether (sulfide) groups is 1. The van der Waals surface area contributed by atoms with Gasteiger partial charge >= 0.3 is 0 Å². The zero-order chi connectivity index (χ0) is 27.2. The van der Waals surface area contributed by atoms with Gasteiger partial charge in [-0.1, -0.05) is 36.5 Å². The topological polar surface area (TPSA) is 63.4 Å². The molecule has 0 bridgehead atoms. The van der Waals surface area contributed by atoms with Crippen LogP contribution in [0.15, 0.2) is 83.5 Å². The van der Waals surface area contributed by atoms with Gasteiger partial charge in [-0.2, -0.15) is 11.8 Å². The quantitative estimate of drug-likeness (QED) is 0.153. The molecule has 0 unspecified atom stereocenters. The summed E-state index contributed by atoms with van der Waals surface area (Å²) in [6.45, 7) is 1.70. The summed E-state index contributed by atoms with van der Waals surface area (Å²) in [5.41, 5.74) is 3.17. The van der Waals surface area contributed by atoms with E-state index in [0.717, 1.165) is 51.5 Å². The lowest BCUT2D eigenvalue weighted by molar-refractivity contribution is 0.306. The zero-order valence-corrected chi connectivity index (χ0v) is 23.6. The predicted octanol–water partition coefficient (Wildman–Crippen LogP) is 8.01. The number of hydrogen-bond acceptors (Lipinski definition) is 8. The van der Waals surface area contributed by atoms with E-state index in [9.17, 15) is 4.39 Å². The van der Waals surface area contributed by atoms with Crippen LogP contribution < -0.4 is 10.1 Å². The molecule has 0 aliphatic rings. The zero-order valence-electron chi connectivity index (χ0n) is 21.1. The van der Waals surface area contributed by atoms with Crippen molar-refractivity contribution in [2.24, 2.45) is 0 Å². The Morgan fingerprint density at radius 3 is 2.79 bits per heavy atom. The molecule has 6 nitrogen and oxygen atoms in total. The first-order valence-electron chi connectivity index (χ1n) is 12.2. The second-order valence-corrected chi connectivity index (χ2v) is 10.7. The molecule has 0 spiro atoms. The number of nitrogens with zero attached hydrogens (tertiary/aromatic N) is 3. The second kappa shape index (κ2) is 12.7. The summed E-state index contributed by atoms with van der Waals surface area (Å²) in [5, 5.41) is 4.60. The Labute approximate surface area is 241 Å². The summed E-state index contributed by atoms with van der Waals surface area (Å²) >= 11 is 12.8. The molecule has 1 N–H and O–H groups in total. The number of ether oxygens (including phenoxy) is 1. The average molecular weight is 581 g/mol. The van der Waals surface area contributed by atoms with Crippen LogP contribution >= 0.6 is 36.2 Å². The first kappa shape index (κ1) is 27.3. The average Bonchev–Trinajstić information content (AvgIpc) is 3.40. The summed E-state index contributed by atoms with van der Waals surface area (Å²) < 4.78 is 27.3. The van der Waals surface area contributed by atoms with Crippen molar-refractivity contribution in [3.63, 3.8) is 0 Å². The maximum atomic E-state index is 13.4. The van der Waals surface area contributed by atoms with Crippen molar-refractivity contribution in [1.29, 1.82) is 0 Å². The highest BCUT2D eigenvalue weighted by Crippen LogP contribution is 2.33. The number of nitrogens with one attached hydrogen (secondary N) is 1. The molecule has 10 heteroatoms. The van der Waals surface area contributed by atoms with Gasteiger partial charge in [-0.25, -0.2) is 18.7 Å². The minimum atomic E-state index is -0.305. The molecule has 0 atom stereocenters. The molecule has 200 valence electrons. The van der Waals surface area contributed by atoms with E-state index in [-0.39, 0.29) is 12.4 Å². The number of anilines is 2. The number of thiol groups is 1. The van der Waals surface area contributed by atoms with Crippen LogP contribution in [0.4, 0.5) is 15.9 Å². The number of hydrogen-bond donors (Lipinski definition) is 2. The van der Waals surface area contributed by atoms with Crippen molar-refractivity contribution in [1.82, 2.24) is 14.3 Å². The van der Waals surface area contributed by atoms with Crippen LogP contribution in [0.2, 0.25) is 5.02 Å². The third kappa shape index (κ3) is 7.05. The van der Waals surface area contributed by atoms with Crippen molar-refractivity contribution in [3.05, 3.63) is 101 Å². The molecule has 2 heterocycles. The molecule has 0 saturated heterocycles. The summed E-state index contributed by atoms with van der Waals surface area (Å²) in [5.74, 6) is 3.45. The Kier molecular flexibility index (Phi) is 8.93. The highest BCUT2D eigenvalue weighted by Gasteiger charge is 2.12. The molecule has 0 amide bonds. The van der Waals surface area contributed by atoms with Crippen molar-refractivity contribution < 1.29 is 13.5 Å². The lowest BCUT2D eigenvalue weighted by Gasteiger charge is -2.13. The molecule has 39 heavy (non-hydrogen) atoms. The number of furan rings is 1. The summed E-state index contributed by atoms with van der Waals surface area (Å²) in [4.78, 5) is 8.87. The molecule has 0 aliphatic heterocycles. The lowest BCUT2D eigenvalue weighted by Crippen LogP contribution is -2.14. The van der Waals surface area contributed by atoms with Gasteiger partial charge in [-0.15, -0.1) is 0 Å². The molecule has 2 aromatic heterocycles. The van der Waals surface area contributed by atoms with E-state index >= 15 is 0 Å². The molecule has 5 rings (SSSR count). The van der Waals surface area contributed by atoms with E-state index in [1.54, 1.807) is 36.0 Å². The third-order valence-corrected chi connectivity index (χ3v) is 7.18. The number of halogens is 2. The fourth-order valence-corrected chi connectivity index (χ4v) is 5.02.